The monoisotopic (exact) mass is 314 g/mol. The second-order valence-electron chi connectivity index (χ2n) is 6.78. The van der Waals surface area contributed by atoms with Gasteiger partial charge in [-0.2, -0.15) is 0 Å². The number of carbonyl (C=O) groups excluding carboxylic acids is 1. The molecule has 116 valence electrons. The Morgan fingerprint density at radius 3 is 2.73 bits per heavy atom. The Labute approximate surface area is 138 Å². The van der Waals surface area contributed by atoms with E-state index in [4.69, 9.17) is 11.6 Å². The molecule has 1 saturated carbocycles. The molecule has 1 aromatic carbocycles. The van der Waals surface area contributed by atoms with Crippen molar-refractivity contribution in [1.29, 1.82) is 0 Å². The molecular weight excluding hydrogens is 292 g/mol. The normalized spacial score (nSPS) is 24.6. The molecule has 0 N–H and O–H groups in total. The number of aryl methyl sites for hydroxylation is 1. The molecule has 2 heteroatoms. The topological polar surface area (TPSA) is 17.1 Å². The van der Waals surface area contributed by atoms with Gasteiger partial charge in [-0.3, -0.25) is 4.79 Å². The van der Waals surface area contributed by atoms with Crippen molar-refractivity contribution in [1.82, 2.24) is 0 Å². The van der Waals surface area contributed by atoms with Crippen LogP contribution in [-0.2, 0) is 4.79 Å². The first-order valence-corrected chi connectivity index (χ1v) is 8.57. The highest BCUT2D eigenvalue weighted by Crippen LogP contribution is 2.46. The minimum absolute atomic E-state index is 0.333. The van der Waals surface area contributed by atoms with Gasteiger partial charge in [0.15, 0.2) is 5.78 Å². The molecule has 0 saturated heterocycles. The molecule has 0 radical (unpaired) electrons. The van der Waals surface area contributed by atoms with Crippen LogP contribution in [0.25, 0.3) is 11.6 Å². The Hall–Kier alpha value is -1.34. The van der Waals surface area contributed by atoms with E-state index in [9.17, 15) is 4.79 Å². The second-order valence-corrected chi connectivity index (χ2v) is 7.15. The third-order valence-corrected chi connectivity index (χ3v) is 5.58. The number of carbonyl (C=O) groups is 1. The lowest BCUT2D eigenvalue weighted by atomic mass is 9.82. The maximum absolute atomic E-state index is 12.5. The average molecular weight is 315 g/mol. The molecule has 1 aromatic rings. The van der Waals surface area contributed by atoms with Gasteiger partial charge in [0.2, 0.25) is 0 Å². The van der Waals surface area contributed by atoms with Crippen LogP contribution in [0.5, 0.6) is 0 Å². The van der Waals surface area contributed by atoms with Gasteiger partial charge in [0, 0.05) is 12.0 Å². The summed E-state index contributed by atoms with van der Waals surface area (Å²) in [6.45, 7) is 8.20. The highest BCUT2D eigenvalue weighted by molar-refractivity contribution is 6.34. The van der Waals surface area contributed by atoms with Gasteiger partial charge >= 0.3 is 0 Å². The highest BCUT2D eigenvalue weighted by Gasteiger charge is 2.36. The van der Waals surface area contributed by atoms with Crippen LogP contribution in [0.4, 0.5) is 0 Å². The largest absolute Gasteiger partial charge is 0.295 e. The Morgan fingerprint density at radius 1 is 1.36 bits per heavy atom. The van der Waals surface area contributed by atoms with Crippen LogP contribution >= 0.6 is 11.6 Å². The highest BCUT2D eigenvalue weighted by atomic mass is 35.5. The van der Waals surface area contributed by atoms with E-state index in [1.165, 1.54) is 12.0 Å². The van der Waals surface area contributed by atoms with Crippen LogP contribution in [0.3, 0.4) is 0 Å². The van der Waals surface area contributed by atoms with Gasteiger partial charge in [-0.25, -0.2) is 0 Å². The van der Waals surface area contributed by atoms with Crippen molar-refractivity contribution in [2.45, 2.75) is 46.0 Å². The fourth-order valence-corrected chi connectivity index (χ4v) is 3.97. The Kier molecular flexibility index (Phi) is 4.27. The van der Waals surface area contributed by atoms with Crippen LogP contribution in [0.2, 0.25) is 5.02 Å². The molecule has 2 aliphatic carbocycles. The zero-order valence-corrected chi connectivity index (χ0v) is 14.2. The van der Waals surface area contributed by atoms with Crippen LogP contribution in [0, 0.1) is 18.8 Å². The Morgan fingerprint density at radius 2 is 2.09 bits per heavy atom. The fourth-order valence-electron chi connectivity index (χ4n) is 3.57. The lowest BCUT2D eigenvalue weighted by molar-refractivity contribution is -0.116. The number of allylic oxidation sites excluding steroid dienone is 2. The van der Waals surface area contributed by atoms with Gasteiger partial charge < -0.3 is 0 Å². The van der Waals surface area contributed by atoms with Gasteiger partial charge in [0.05, 0.1) is 5.02 Å². The molecule has 2 aliphatic rings. The summed E-state index contributed by atoms with van der Waals surface area (Å²) in [5.41, 5.74) is 5.43. The Bertz CT molecular complexity index is 669. The van der Waals surface area contributed by atoms with Crippen molar-refractivity contribution in [2.24, 2.45) is 11.8 Å². The summed E-state index contributed by atoms with van der Waals surface area (Å²) in [4.78, 5) is 12.5. The zero-order valence-electron chi connectivity index (χ0n) is 13.4. The summed E-state index contributed by atoms with van der Waals surface area (Å²) in [6, 6.07) is 4.09. The van der Waals surface area contributed by atoms with E-state index in [1.807, 2.05) is 6.07 Å². The van der Waals surface area contributed by atoms with Crippen LogP contribution in [0.1, 0.15) is 55.7 Å². The van der Waals surface area contributed by atoms with Crippen molar-refractivity contribution < 1.29 is 4.79 Å². The third-order valence-electron chi connectivity index (χ3n) is 5.18. The summed E-state index contributed by atoms with van der Waals surface area (Å²) >= 11 is 6.62. The summed E-state index contributed by atoms with van der Waals surface area (Å²) in [5, 5.41) is 0.751. The smallest absolute Gasteiger partial charge is 0.159 e. The van der Waals surface area contributed by atoms with E-state index < -0.39 is 0 Å². The first-order valence-electron chi connectivity index (χ1n) is 8.20. The standard InChI is InChI=1S/C20H23ClO/c1-4-14-9-8-12(2)19(20(14)21)16-6-5-7-18(22)17(16)11-15-10-13(15)3/h4,8-9,13,15H,1,5-7,10-11H2,2-3H3. The summed E-state index contributed by atoms with van der Waals surface area (Å²) in [7, 11) is 0. The summed E-state index contributed by atoms with van der Waals surface area (Å²) < 4.78 is 0. The molecule has 2 unspecified atom stereocenters. The van der Waals surface area contributed by atoms with E-state index >= 15 is 0 Å². The first-order chi connectivity index (χ1) is 10.5. The maximum atomic E-state index is 12.5. The quantitative estimate of drug-likeness (QED) is 0.682. The first kappa shape index (κ1) is 15.6. The van der Waals surface area contributed by atoms with Crippen molar-refractivity contribution in [3.8, 4) is 0 Å². The summed E-state index contributed by atoms with van der Waals surface area (Å²) in [5.74, 6) is 1.79. The second kappa shape index (κ2) is 6.04. The maximum Gasteiger partial charge on any atom is 0.159 e. The predicted molar refractivity (Wildman–Crippen MR) is 93.9 cm³/mol. The van der Waals surface area contributed by atoms with E-state index in [2.05, 4.69) is 26.5 Å². The van der Waals surface area contributed by atoms with Gasteiger partial charge in [-0.05, 0) is 66.7 Å². The van der Waals surface area contributed by atoms with Gasteiger partial charge in [0.25, 0.3) is 0 Å². The van der Waals surface area contributed by atoms with Crippen LogP contribution in [-0.4, -0.2) is 5.78 Å². The van der Waals surface area contributed by atoms with Crippen molar-refractivity contribution >= 4 is 29.0 Å². The van der Waals surface area contributed by atoms with Crippen LogP contribution < -0.4 is 0 Å². The number of halogens is 1. The van der Waals surface area contributed by atoms with Gasteiger partial charge in [-0.15, -0.1) is 0 Å². The minimum Gasteiger partial charge on any atom is -0.295 e. The molecule has 0 spiro atoms. The molecule has 1 nitrogen and oxygen atoms in total. The molecule has 0 heterocycles. The molecule has 3 rings (SSSR count). The van der Waals surface area contributed by atoms with Crippen molar-refractivity contribution in [3.63, 3.8) is 0 Å². The molecule has 0 aliphatic heterocycles. The molecule has 2 atom stereocenters. The minimum atomic E-state index is 0.333. The van der Waals surface area contributed by atoms with Gasteiger partial charge in [0.1, 0.15) is 0 Å². The molecular formula is C20H23ClO. The molecule has 0 aromatic heterocycles. The zero-order chi connectivity index (χ0) is 15.9. The number of hydrogen-bond acceptors (Lipinski definition) is 1. The van der Waals surface area contributed by atoms with E-state index in [-0.39, 0.29) is 0 Å². The number of hydrogen-bond donors (Lipinski definition) is 0. The lowest BCUT2D eigenvalue weighted by Crippen LogP contribution is -2.13. The summed E-state index contributed by atoms with van der Waals surface area (Å²) in [6.07, 6.45) is 6.57. The number of Topliss-reactive ketones (excluding diaryl/α,β-unsaturated/α-hetero) is 1. The number of ketones is 1. The molecule has 0 bridgehead atoms. The lowest BCUT2D eigenvalue weighted by Gasteiger charge is -2.23. The average Bonchev–Trinajstić information content (AvgIpc) is 3.18. The van der Waals surface area contributed by atoms with Crippen LogP contribution in [0.15, 0.2) is 24.3 Å². The number of rotatable bonds is 4. The molecule has 22 heavy (non-hydrogen) atoms. The SMILES string of the molecule is C=Cc1ccc(C)c(C2=C(CC3CC3C)C(=O)CCC2)c1Cl. The number of benzene rings is 1. The third kappa shape index (κ3) is 2.79. The predicted octanol–water partition coefficient (Wildman–Crippen LogP) is 5.84. The van der Waals surface area contributed by atoms with E-state index in [0.717, 1.165) is 52.5 Å². The molecule has 1 fully saturated rings. The van der Waals surface area contributed by atoms with E-state index in [1.54, 1.807) is 6.08 Å². The fraction of sp³-hybridized carbons (Fsp3) is 0.450. The van der Waals surface area contributed by atoms with E-state index in [0.29, 0.717) is 18.1 Å². The Balaban J connectivity index is 2.11. The van der Waals surface area contributed by atoms with Crippen molar-refractivity contribution in [3.05, 3.63) is 46.0 Å². The molecule has 0 amide bonds. The van der Waals surface area contributed by atoms with Crippen molar-refractivity contribution in [2.75, 3.05) is 0 Å². The van der Waals surface area contributed by atoms with Gasteiger partial charge in [-0.1, -0.05) is 43.3 Å².